The number of carbonyl (C=O) groups is 1. The molecule has 3 aromatic rings. The van der Waals surface area contributed by atoms with Crippen molar-refractivity contribution in [2.24, 2.45) is 16.6 Å². The number of benzene rings is 1. The SMILES string of the molecule is COC1=CN(c2cccc([C@]34CN(c5ncc(F)cn5)C[C@H]3CSC(N)=N4)c2)C(NC(=O)c2cnccn2)C=C1. The summed E-state index contributed by atoms with van der Waals surface area (Å²) in [6.07, 6.45) is 11.7. The van der Waals surface area contributed by atoms with Gasteiger partial charge in [-0.2, -0.15) is 0 Å². The van der Waals surface area contributed by atoms with Gasteiger partial charge in [0.2, 0.25) is 5.95 Å². The molecule has 0 aliphatic carbocycles. The lowest BCUT2D eigenvalue weighted by Gasteiger charge is -2.36. The number of ether oxygens (including phenoxy) is 1. The minimum absolute atomic E-state index is 0.118. The summed E-state index contributed by atoms with van der Waals surface area (Å²) in [5.41, 5.74) is 7.62. The number of hydrogen-bond acceptors (Lipinski definition) is 11. The second-order valence-corrected chi connectivity index (χ2v) is 10.6. The Morgan fingerprint density at radius 1 is 1.23 bits per heavy atom. The Bertz CT molecular complexity index is 1500. The van der Waals surface area contributed by atoms with Crippen LogP contribution >= 0.6 is 11.8 Å². The maximum Gasteiger partial charge on any atom is 0.273 e. The number of rotatable bonds is 6. The zero-order chi connectivity index (χ0) is 27.7. The number of fused-ring (bicyclic) bond motifs is 1. The molecule has 11 nitrogen and oxygen atoms in total. The molecular weight excluding hydrogens is 533 g/mol. The summed E-state index contributed by atoms with van der Waals surface area (Å²) < 4.78 is 19.0. The Kier molecular flexibility index (Phi) is 6.80. The topological polar surface area (TPSA) is 135 Å². The number of thioether (sulfide) groups is 1. The van der Waals surface area contributed by atoms with E-state index >= 15 is 0 Å². The average Bonchev–Trinajstić information content (AvgIpc) is 3.38. The summed E-state index contributed by atoms with van der Waals surface area (Å²) >= 11 is 1.52. The van der Waals surface area contributed by atoms with Gasteiger partial charge < -0.3 is 25.6 Å². The van der Waals surface area contributed by atoms with Gasteiger partial charge >= 0.3 is 0 Å². The van der Waals surface area contributed by atoms with E-state index in [1.165, 1.54) is 42.7 Å². The molecule has 13 heteroatoms. The maximum absolute atomic E-state index is 13.5. The van der Waals surface area contributed by atoms with Crippen LogP contribution in [0.3, 0.4) is 0 Å². The van der Waals surface area contributed by atoms with E-state index in [1.807, 2.05) is 40.3 Å². The molecule has 40 heavy (non-hydrogen) atoms. The number of aromatic nitrogens is 4. The van der Waals surface area contributed by atoms with Gasteiger partial charge in [0.15, 0.2) is 11.0 Å². The third-order valence-electron chi connectivity index (χ3n) is 7.14. The van der Waals surface area contributed by atoms with Crippen LogP contribution in [0, 0.1) is 11.7 Å². The smallest absolute Gasteiger partial charge is 0.273 e. The van der Waals surface area contributed by atoms with Crippen LogP contribution in [-0.2, 0) is 10.3 Å². The Morgan fingerprint density at radius 2 is 2.08 bits per heavy atom. The van der Waals surface area contributed by atoms with Gasteiger partial charge in [-0.25, -0.2) is 24.3 Å². The number of amides is 1. The van der Waals surface area contributed by atoms with Gasteiger partial charge in [0.25, 0.3) is 5.91 Å². The molecule has 3 aliphatic rings. The number of carbonyl (C=O) groups excluding carboxylic acids is 1. The molecule has 204 valence electrons. The first-order valence-electron chi connectivity index (χ1n) is 12.6. The highest BCUT2D eigenvalue weighted by molar-refractivity contribution is 8.13. The molecule has 1 saturated heterocycles. The van der Waals surface area contributed by atoms with E-state index < -0.39 is 17.5 Å². The Hall–Kier alpha value is -4.52. The molecule has 0 radical (unpaired) electrons. The van der Waals surface area contributed by atoms with Crippen LogP contribution in [0.5, 0.6) is 0 Å². The lowest BCUT2D eigenvalue weighted by Crippen LogP contribution is -2.46. The number of aliphatic imine (C=N–C) groups is 1. The molecule has 2 aromatic heterocycles. The number of hydrogen-bond donors (Lipinski definition) is 2. The van der Waals surface area contributed by atoms with E-state index in [1.54, 1.807) is 13.2 Å². The van der Waals surface area contributed by atoms with Crippen molar-refractivity contribution in [1.29, 1.82) is 0 Å². The molecule has 3 N–H and O–H groups in total. The number of anilines is 2. The first-order chi connectivity index (χ1) is 19.4. The monoisotopic (exact) mass is 559 g/mol. The van der Waals surface area contributed by atoms with Gasteiger partial charge in [0.05, 0.1) is 32.2 Å². The van der Waals surface area contributed by atoms with Gasteiger partial charge in [-0.15, -0.1) is 0 Å². The first-order valence-corrected chi connectivity index (χ1v) is 13.5. The van der Waals surface area contributed by atoms with Crippen molar-refractivity contribution in [3.05, 3.63) is 96.4 Å². The van der Waals surface area contributed by atoms with Crippen molar-refractivity contribution in [2.75, 3.05) is 35.8 Å². The van der Waals surface area contributed by atoms with E-state index in [9.17, 15) is 9.18 Å². The number of allylic oxidation sites excluding steroid dienone is 1. The number of halogens is 1. The van der Waals surface area contributed by atoms with Crippen LogP contribution in [0.2, 0.25) is 0 Å². The number of methoxy groups -OCH3 is 1. The highest BCUT2D eigenvalue weighted by Crippen LogP contribution is 2.46. The molecule has 0 spiro atoms. The second kappa shape index (κ2) is 10.6. The molecule has 6 rings (SSSR count). The summed E-state index contributed by atoms with van der Waals surface area (Å²) in [5, 5.41) is 3.52. The third-order valence-corrected chi connectivity index (χ3v) is 8.10. The quantitative estimate of drug-likeness (QED) is 0.464. The van der Waals surface area contributed by atoms with Gasteiger partial charge in [0, 0.05) is 42.5 Å². The van der Waals surface area contributed by atoms with Crippen LogP contribution in [-0.4, -0.2) is 63.1 Å². The minimum atomic E-state index is -0.652. The van der Waals surface area contributed by atoms with Crippen molar-refractivity contribution in [1.82, 2.24) is 25.3 Å². The molecule has 0 bridgehead atoms. The lowest BCUT2D eigenvalue weighted by atomic mass is 9.81. The summed E-state index contributed by atoms with van der Waals surface area (Å²) in [4.78, 5) is 38.4. The van der Waals surface area contributed by atoms with E-state index in [0.717, 1.165) is 17.0 Å². The summed E-state index contributed by atoms with van der Waals surface area (Å²) in [5.74, 6) is 1.12. The van der Waals surface area contributed by atoms with Gasteiger partial charge in [0.1, 0.15) is 23.2 Å². The highest BCUT2D eigenvalue weighted by Gasteiger charge is 2.51. The molecule has 1 amide bonds. The Morgan fingerprint density at radius 3 is 2.85 bits per heavy atom. The molecule has 1 aromatic carbocycles. The lowest BCUT2D eigenvalue weighted by molar-refractivity contribution is 0.0939. The van der Waals surface area contributed by atoms with E-state index in [2.05, 4.69) is 31.3 Å². The van der Waals surface area contributed by atoms with Crippen LogP contribution in [0.4, 0.5) is 16.0 Å². The minimum Gasteiger partial charge on any atom is -0.495 e. The fourth-order valence-electron chi connectivity index (χ4n) is 5.22. The molecule has 5 heterocycles. The van der Waals surface area contributed by atoms with Crippen molar-refractivity contribution in [3.8, 4) is 0 Å². The van der Waals surface area contributed by atoms with Crippen molar-refractivity contribution in [3.63, 3.8) is 0 Å². The number of nitrogens with two attached hydrogens (primary N) is 1. The molecule has 1 fully saturated rings. The van der Waals surface area contributed by atoms with Crippen LogP contribution in [0.25, 0.3) is 0 Å². The maximum atomic E-state index is 13.5. The molecule has 3 aliphatic heterocycles. The zero-order valence-electron chi connectivity index (χ0n) is 21.5. The molecule has 0 saturated carbocycles. The van der Waals surface area contributed by atoms with E-state index in [-0.39, 0.29) is 17.5 Å². The summed E-state index contributed by atoms with van der Waals surface area (Å²) in [7, 11) is 1.59. The fourth-order valence-corrected chi connectivity index (χ4v) is 6.20. The largest absolute Gasteiger partial charge is 0.495 e. The van der Waals surface area contributed by atoms with E-state index in [4.69, 9.17) is 15.5 Å². The summed E-state index contributed by atoms with van der Waals surface area (Å²) in [6.45, 7) is 1.14. The Labute approximate surface area is 234 Å². The number of nitrogens with one attached hydrogen (secondary N) is 1. The first kappa shape index (κ1) is 25.7. The van der Waals surface area contributed by atoms with Gasteiger partial charge in [-0.3, -0.25) is 9.78 Å². The third kappa shape index (κ3) is 4.83. The number of amidine groups is 1. The van der Waals surface area contributed by atoms with E-state index in [0.29, 0.717) is 30.0 Å². The predicted molar refractivity (Wildman–Crippen MR) is 150 cm³/mol. The van der Waals surface area contributed by atoms with Crippen molar-refractivity contribution < 1.29 is 13.9 Å². The highest BCUT2D eigenvalue weighted by atomic mass is 32.2. The van der Waals surface area contributed by atoms with Crippen molar-refractivity contribution >= 4 is 34.5 Å². The number of nitrogens with zero attached hydrogens (tertiary/aromatic N) is 7. The molecule has 1 unspecified atom stereocenters. The van der Waals surface area contributed by atoms with Gasteiger partial charge in [-0.1, -0.05) is 23.9 Å². The van der Waals surface area contributed by atoms with Gasteiger partial charge in [-0.05, 0) is 29.8 Å². The van der Waals surface area contributed by atoms with Crippen LogP contribution < -0.4 is 20.9 Å². The predicted octanol–water partition coefficient (Wildman–Crippen LogP) is 2.42. The average molecular weight is 560 g/mol. The summed E-state index contributed by atoms with van der Waals surface area (Å²) in [6, 6.07) is 8.01. The fraction of sp³-hybridized carbons (Fsp3) is 0.259. The molecule has 3 atom stereocenters. The second-order valence-electron chi connectivity index (χ2n) is 9.53. The standard InChI is InChI=1S/C27H26FN9O2S/c1-39-21-5-6-23(34-24(38)22-12-30-7-8-31-22)37(14-21)20-4-2-3-17(9-20)27-16-36(26-32-10-19(28)11-33-26)13-18(27)15-40-25(29)35-27/h2-12,14,18,23H,13,15-16H2,1H3,(H2,29,35)(H,34,38)/t18-,23?,27+/m0/s1. The van der Waals surface area contributed by atoms with Crippen LogP contribution in [0.15, 0.2) is 84.4 Å². The molecular formula is C27H26FN9O2S. The van der Waals surface area contributed by atoms with Crippen LogP contribution in [0.1, 0.15) is 16.1 Å². The zero-order valence-corrected chi connectivity index (χ0v) is 22.3. The Balaban J connectivity index is 1.35. The van der Waals surface area contributed by atoms with Crippen molar-refractivity contribution in [2.45, 2.75) is 11.7 Å². The normalized spacial score (nSPS) is 23.8.